The average Bonchev–Trinajstić information content (AvgIpc) is 2.17. The molecule has 0 aliphatic heterocycles. The molecular weight excluding hydrogens is 182 g/mol. The van der Waals surface area contributed by atoms with Gasteiger partial charge in [0, 0.05) is 18.8 Å². The molecule has 0 N–H and O–H groups in total. The molecule has 0 atom stereocenters. The quantitative estimate of drug-likeness (QED) is 0.644. The normalized spacial score (nSPS) is 10.0. The molecule has 0 fully saturated rings. The monoisotopic (exact) mass is 189 g/mol. The molecule has 0 saturated carbocycles. The first kappa shape index (κ1) is 6.74. The van der Waals surface area contributed by atoms with E-state index in [1.54, 1.807) is 11.0 Å². The number of halogens is 1. The number of hydrogen-bond donors (Lipinski definition) is 0. The van der Waals surface area contributed by atoms with Crippen LogP contribution in [0.25, 0.3) is 0 Å². The highest BCUT2D eigenvalue weighted by Crippen LogP contribution is 1.94. The van der Waals surface area contributed by atoms with E-state index >= 15 is 0 Å². The molecule has 1 heterocycles. The Morgan fingerprint density at radius 1 is 1.78 bits per heavy atom. The van der Waals surface area contributed by atoms with Crippen LogP contribution in [0.2, 0.25) is 0 Å². The highest BCUT2D eigenvalue weighted by Gasteiger charge is 1.93. The zero-order chi connectivity index (χ0) is 6.69. The molecular formula is C5H8BrN3. The van der Waals surface area contributed by atoms with E-state index < -0.39 is 0 Å². The zero-order valence-electron chi connectivity index (χ0n) is 5.21. The third-order valence-corrected chi connectivity index (χ3v) is 1.39. The van der Waals surface area contributed by atoms with Crippen LogP contribution in [0.5, 0.6) is 0 Å². The lowest BCUT2D eigenvalue weighted by Crippen LogP contribution is -1.93. The van der Waals surface area contributed by atoms with Crippen LogP contribution in [-0.2, 0) is 13.5 Å². The predicted molar refractivity (Wildman–Crippen MR) is 38.5 cm³/mol. The maximum absolute atomic E-state index is 4.08. The third-order valence-electron chi connectivity index (χ3n) is 0.998. The van der Waals surface area contributed by atoms with E-state index in [1.807, 2.05) is 7.05 Å². The van der Waals surface area contributed by atoms with Gasteiger partial charge in [0.25, 0.3) is 0 Å². The molecule has 1 rings (SSSR count). The van der Waals surface area contributed by atoms with E-state index in [2.05, 4.69) is 26.1 Å². The number of aromatic nitrogens is 3. The van der Waals surface area contributed by atoms with Gasteiger partial charge in [-0.3, -0.25) is 0 Å². The van der Waals surface area contributed by atoms with Gasteiger partial charge in [-0.25, -0.2) is 0 Å². The van der Waals surface area contributed by atoms with Crippen molar-refractivity contribution >= 4 is 15.9 Å². The summed E-state index contributed by atoms with van der Waals surface area (Å²) >= 11 is 3.32. The van der Waals surface area contributed by atoms with Crippen molar-refractivity contribution in [3.63, 3.8) is 0 Å². The number of alkyl halides is 1. The van der Waals surface area contributed by atoms with Crippen molar-refractivity contribution in [3.05, 3.63) is 11.9 Å². The number of hydrogen-bond acceptors (Lipinski definition) is 2. The molecule has 0 saturated heterocycles. The van der Waals surface area contributed by atoms with Gasteiger partial charge in [0.05, 0.1) is 11.9 Å². The fraction of sp³-hybridized carbons (Fsp3) is 0.600. The van der Waals surface area contributed by atoms with Gasteiger partial charge >= 0.3 is 0 Å². The van der Waals surface area contributed by atoms with Crippen molar-refractivity contribution in [3.8, 4) is 0 Å². The van der Waals surface area contributed by atoms with Crippen molar-refractivity contribution in [1.82, 2.24) is 15.0 Å². The van der Waals surface area contributed by atoms with Crippen molar-refractivity contribution in [2.75, 3.05) is 5.33 Å². The summed E-state index contributed by atoms with van der Waals surface area (Å²) in [7, 11) is 1.82. The Hall–Kier alpha value is -0.380. The van der Waals surface area contributed by atoms with Crippen LogP contribution < -0.4 is 0 Å². The van der Waals surface area contributed by atoms with Crippen LogP contribution in [-0.4, -0.2) is 20.3 Å². The lowest BCUT2D eigenvalue weighted by Gasteiger charge is -1.84. The van der Waals surface area contributed by atoms with Gasteiger partial charge < -0.3 is 0 Å². The minimum Gasteiger partial charge on any atom is -0.188 e. The first-order chi connectivity index (χ1) is 4.33. The Bertz CT molecular complexity index is 184. The Morgan fingerprint density at radius 2 is 2.56 bits per heavy atom. The van der Waals surface area contributed by atoms with E-state index in [-0.39, 0.29) is 0 Å². The zero-order valence-corrected chi connectivity index (χ0v) is 6.80. The van der Waals surface area contributed by atoms with Crippen molar-refractivity contribution in [2.24, 2.45) is 7.05 Å². The van der Waals surface area contributed by atoms with E-state index in [9.17, 15) is 0 Å². The summed E-state index contributed by atoms with van der Waals surface area (Å²) in [4.78, 5) is 1.57. The maximum atomic E-state index is 4.08. The second-order valence-electron chi connectivity index (χ2n) is 1.76. The first-order valence-electron chi connectivity index (χ1n) is 2.74. The highest BCUT2D eigenvalue weighted by molar-refractivity contribution is 9.09. The third kappa shape index (κ3) is 1.78. The van der Waals surface area contributed by atoms with E-state index in [4.69, 9.17) is 0 Å². The molecule has 50 valence electrons. The summed E-state index contributed by atoms with van der Waals surface area (Å²) in [6.07, 6.45) is 2.73. The van der Waals surface area contributed by atoms with Crippen LogP contribution in [0.1, 0.15) is 5.69 Å². The molecule has 0 spiro atoms. The summed E-state index contributed by atoms with van der Waals surface area (Å²) < 4.78 is 0. The molecule has 0 bridgehead atoms. The van der Waals surface area contributed by atoms with Crippen molar-refractivity contribution < 1.29 is 0 Å². The predicted octanol–water partition coefficient (Wildman–Crippen LogP) is 0.752. The molecule has 0 aliphatic carbocycles. The lowest BCUT2D eigenvalue weighted by atomic mass is 10.4. The van der Waals surface area contributed by atoms with Gasteiger partial charge in [0.15, 0.2) is 0 Å². The highest BCUT2D eigenvalue weighted by atomic mass is 79.9. The Labute approximate surface area is 62.2 Å². The second kappa shape index (κ2) is 2.96. The maximum Gasteiger partial charge on any atom is 0.0835 e. The number of rotatable bonds is 2. The smallest absolute Gasteiger partial charge is 0.0835 e. The van der Waals surface area contributed by atoms with E-state index in [0.29, 0.717) is 0 Å². The van der Waals surface area contributed by atoms with Gasteiger partial charge in [-0.05, 0) is 0 Å². The van der Waals surface area contributed by atoms with Gasteiger partial charge in [-0.2, -0.15) is 15.0 Å². The minimum absolute atomic E-state index is 0.950. The summed E-state index contributed by atoms with van der Waals surface area (Å²) in [5.74, 6) is 0. The topological polar surface area (TPSA) is 30.7 Å². The van der Waals surface area contributed by atoms with E-state index in [0.717, 1.165) is 17.4 Å². The molecule has 4 heteroatoms. The summed E-state index contributed by atoms with van der Waals surface area (Å²) in [5, 5.41) is 8.95. The molecule has 0 aliphatic rings. The van der Waals surface area contributed by atoms with Crippen molar-refractivity contribution in [2.45, 2.75) is 6.42 Å². The van der Waals surface area contributed by atoms with Gasteiger partial charge in [0.1, 0.15) is 0 Å². The Balaban J connectivity index is 2.61. The summed E-state index contributed by atoms with van der Waals surface area (Å²) in [5.41, 5.74) is 1.04. The molecule has 0 unspecified atom stereocenters. The van der Waals surface area contributed by atoms with Gasteiger partial charge in [0.2, 0.25) is 0 Å². The van der Waals surface area contributed by atoms with Crippen molar-refractivity contribution in [1.29, 1.82) is 0 Å². The molecule has 9 heavy (non-hydrogen) atoms. The molecule has 0 radical (unpaired) electrons. The average molecular weight is 190 g/mol. The molecule has 3 nitrogen and oxygen atoms in total. The van der Waals surface area contributed by atoms with Crippen LogP contribution >= 0.6 is 15.9 Å². The minimum atomic E-state index is 0.950. The number of nitrogens with zero attached hydrogens (tertiary/aromatic N) is 3. The van der Waals surface area contributed by atoms with Gasteiger partial charge in [-0.1, -0.05) is 15.9 Å². The van der Waals surface area contributed by atoms with Crippen LogP contribution in [0.4, 0.5) is 0 Å². The van der Waals surface area contributed by atoms with Crippen LogP contribution in [0.3, 0.4) is 0 Å². The fourth-order valence-electron chi connectivity index (χ4n) is 0.599. The number of aryl methyl sites for hydroxylation is 2. The second-order valence-corrected chi connectivity index (χ2v) is 2.56. The molecule has 0 aromatic carbocycles. The molecule has 0 amide bonds. The van der Waals surface area contributed by atoms with Crippen LogP contribution in [0, 0.1) is 0 Å². The summed E-state index contributed by atoms with van der Waals surface area (Å²) in [6.45, 7) is 0. The Morgan fingerprint density at radius 3 is 3.00 bits per heavy atom. The summed E-state index contributed by atoms with van der Waals surface area (Å²) in [6, 6.07) is 0. The first-order valence-corrected chi connectivity index (χ1v) is 3.86. The van der Waals surface area contributed by atoms with Crippen LogP contribution in [0.15, 0.2) is 6.20 Å². The van der Waals surface area contributed by atoms with Gasteiger partial charge in [-0.15, -0.1) is 0 Å². The van der Waals surface area contributed by atoms with E-state index in [1.165, 1.54) is 0 Å². The SMILES string of the molecule is Cn1ncc(CCBr)n1. The fourth-order valence-corrected chi connectivity index (χ4v) is 1.01. The largest absolute Gasteiger partial charge is 0.188 e. The Kier molecular flexibility index (Phi) is 2.22. The molecule has 1 aromatic rings. The standard InChI is InChI=1S/C5H8BrN3/c1-9-7-4-5(8-9)2-3-6/h4H,2-3H2,1H3. The molecule has 1 aromatic heterocycles. The lowest BCUT2D eigenvalue weighted by molar-refractivity contribution is 0.646.